The van der Waals surface area contributed by atoms with Crippen LogP contribution < -0.4 is 0 Å². The monoisotopic (exact) mass is 355 g/mol. The Kier molecular flexibility index (Phi) is 4.20. The minimum Gasteiger partial charge on any atom is -0.327 e. The van der Waals surface area contributed by atoms with Gasteiger partial charge >= 0.3 is 0 Å². The summed E-state index contributed by atoms with van der Waals surface area (Å²) in [6.45, 7) is 0.812. The average molecular weight is 356 g/mol. The third-order valence-corrected chi connectivity index (χ3v) is 4.31. The molecule has 0 radical (unpaired) electrons. The van der Waals surface area contributed by atoms with E-state index < -0.39 is 11.7 Å². The number of ketones is 1. The van der Waals surface area contributed by atoms with E-state index in [1.807, 2.05) is 54.6 Å². The second-order valence-corrected chi connectivity index (χ2v) is 6.02. The van der Waals surface area contributed by atoms with Crippen molar-refractivity contribution in [2.45, 2.75) is 6.54 Å². The number of carbonyl (C=O) groups is 2. The van der Waals surface area contributed by atoms with Gasteiger partial charge in [-0.1, -0.05) is 64.5 Å². The molecule has 0 N–H and O–H groups in total. The van der Waals surface area contributed by atoms with E-state index >= 15 is 0 Å². The standard InChI is InChI=1S/C18H14BrNO2/c19-16-9-5-4-8-14(16)10-15-12-20(18(22)17(15)21)11-13-6-2-1-3-7-13/h1-10H,11-12H2/b15-10-. The first-order chi connectivity index (χ1) is 10.6. The number of amides is 1. The zero-order chi connectivity index (χ0) is 15.5. The van der Waals surface area contributed by atoms with E-state index in [0.29, 0.717) is 18.7 Å². The third kappa shape index (κ3) is 3.02. The minimum atomic E-state index is -0.429. The van der Waals surface area contributed by atoms with Crippen LogP contribution in [0.15, 0.2) is 64.6 Å². The minimum absolute atomic E-state index is 0.355. The first-order valence-corrected chi connectivity index (χ1v) is 7.77. The Morgan fingerprint density at radius 1 is 1.00 bits per heavy atom. The molecule has 2 aromatic rings. The zero-order valence-corrected chi connectivity index (χ0v) is 13.4. The van der Waals surface area contributed by atoms with Crippen LogP contribution >= 0.6 is 15.9 Å². The first-order valence-electron chi connectivity index (χ1n) is 6.98. The van der Waals surface area contributed by atoms with Gasteiger partial charge in [0.2, 0.25) is 5.78 Å². The number of hydrogen-bond donors (Lipinski definition) is 0. The highest BCUT2D eigenvalue weighted by Crippen LogP contribution is 2.23. The molecule has 2 aromatic carbocycles. The van der Waals surface area contributed by atoms with Crippen LogP contribution in [0, 0.1) is 0 Å². The molecule has 1 saturated heterocycles. The van der Waals surface area contributed by atoms with E-state index in [1.165, 1.54) is 0 Å². The normalized spacial score (nSPS) is 16.6. The van der Waals surface area contributed by atoms with Crippen LogP contribution in [0.25, 0.3) is 6.08 Å². The highest BCUT2D eigenvalue weighted by molar-refractivity contribution is 9.10. The van der Waals surface area contributed by atoms with Gasteiger partial charge in [-0.15, -0.1) is 0 Å². The molecule has 1 heterocycles. The van der Waals surface area contributed by atoms with Gasteiger partial charge in [0.05, 0.1) is 6.54 Å². The quantitative estimate of drug-likeness (QED) is 0.624. The Hall–Kier alpha value is -2.20. The molecule has 0 unspecified atom stereocenters. The highest BCUT2D eigenvalue weighted by atomic mass is 79.9. The molecule has 1 amide bonds. The van der Waals surface area contributed by atoms with Crippen LogP contribution in [0.5, 0.6) is 0 Å². The summed E-state index contributed by atoms with van der Waals surface area (Å²) in [4.78, 5) is 25.8. The summed E-state index contributed by atoms with van der Waals surface area (Å²) < 4.78 is 0.907. The number of benzene rings is 2. The number of Topliss-reactive ketones (excluding diaryl/α,β-unsaturated/α-hetero) is 1. The Balaban J connectivity index is 1.83. The summed E-state index contributed by atoms with van der Waals surface area (Å²) in [5.41, 5.74) is 2.46. The van der Waals surface area contributed by atoms with Crippen molar-refractivity contribution < 1.29 is 9.59 Å². The van der Waals surface area contributed by atoms with Gasteiger partial charge in [0, 0.05) is 16.6 Å². The number of nitrogens with zero attached hydrogens (tertiary/aromatic N) is 1. The van der Waals surface area contributed by atoms with Crippen LogP contribution in [0.3, 0.4) is 0 Å². The molecule has 0 aliphatic carbocycles. The smallest absolute Gasteiger partial charge is 0.295 e. The lowest BCUT2D eigenvalue weighted by Crippen LogP contribution is -2.26. The van der Waals surface area contributed by atoms with Crippen molar-refractivity contribution in [1.29, 1.82) is 0 Å². The largest absolute Gasteiger partial charge is 0.327 e. The van der Waals surface area contributed by atoms with Crippen molar-refractivity contribution in [3.05, 3.63) is 75.8 Å². The summed E-state index contributed by atoms with van der Waals surface area (Å²) in [6, 6.07) is 17.3. The van der Waals surface area contributed by atoms with Gasteiger partial charge in [-0.05, 0) is 23.3 Å². The number of carbonyl (C=O) groups excluding carboxylic acids is 2. The first kappa shape index (κ1) is 14.7. The van der Waals surface area contributed by atoms with Crippen molar-refractivity contribution in [2.75, 3.05) is 6.54 Å². The van der Waals surface area contributed by atoms with E-state index in [0.717, 1.165) is 15.6 Å². The molecule has 0 spiro atoms. The van der Waals surface area contributed by atoms with Crippen molar-refractivity contribution in [1.82, 2.24) is 4.90 Å². The number of hydrogen-bond acceptors (Lipinski definition) is 2. The van der Waals surface area contributed by atoms with Gasteiger partial charge in [0.15, 0.2) is 0 Å². The molecule has 0 atom stereocenters. The van der Waals surface area contributed by atoms with Crippen LogP contribution in [0.2, 0.25) is 0 Å². The summed E-state index contributed by atoms with van der Waals surface area (Å²) in [7, 11) is 0. The molecule has 0 bridgehead atoms. The predicted molar refractivity (Wildman–Crippen MR) is 89.0 cm³/mol. The molecule has 3 rings (SSSR count). The second kappa shape index (κ2) is 6.28. The van der Waals surface area contributed by atoms with Gasteiger partial charge in [-0.2, -0.15) is 0 Å². The fourth-order valence-electron chi connectivity index (χ4n) is 2.45. The summed E-state index contributed by atoms with van der Waals surface area (Å²) >= 11 is 3.45. The van der Waals surface area contributed by atoms with Crippen molar-refractivity contribution in [3.8, 4) is 0 Å². The maximum atomic E-state index is 12.1. The fraction of sp³-hybridized carbons (Fsp3) is 0.111. The van der Waals surface area contributed by atoms with E-state index in [2.05, 4.69) is 15.9 Å². The van der Waals surface area contributed by atoms with Crippen LogP contribution in [0.4, 0.5) is 0 Å². The van der Waals surface area contributed by atoms with Crippen molar-refractivity contribution in [2.24, 2.45) is 0 Å². The van der Waals surface area contributed by atoms with Gasteiger partial charge in [0.25, 0.3) is 5.91 Å². The topological polar surface area (TPSA) is 37.4 Å². The summed E-state index contributed by atoms with van der Waals surface area (Å²) in [5, 5.41) is 0. The van der Waals surface area contributed by atoms with Crippen LogP contribution in [-0.4, -0.2) is 23.1 Å². The Labute approximate surface area is 137 Å². The van der Waals surface area contributed by atoms with Crippen molar-refractivity contribution in [3.63, 3.8) is 0 Å². The Morgan fingerprint density at radius 2 is 1.68 bits per heavy atom. The molecule has 1 aliphatic rings. The SMILES string of the molecule is O=C1C(=O)N(Cc2ccccc2)C/C1=C/c1ccccc1Br. The molecule has 22 heavy (non-hydrogen) atoms. The number of rotatable bonds is 3. The fourth-order valence-corrected chi connectivity index (χ4v) is 2.85. The summed E-state index contributed by atoms with van der Waals surface area (Å²) in [6.07, 6.45) is 1.79. The molecule has 0 aromatic heterocycles. The van der Waals surface area contributed by atoms with Crippen LogP contribution in [0.1, 0.15) is 11.1 Å². The second-order valence-electron chi connectivity index (χ2n) is 5.17. The lowest BCUT2D eigenvalue weighted by molar-refractivity contribution is -0.139. The maximum absolute atomic E-state index is 12.1. The van der Waals surface area contributed by atoms with Gasteiger partial charge in [0.1, 0.15) is 0 Å². The molecule has 3 nitrogen and oxygen atoms in total. The molecule has 1 fully saturated rings. The lowest BCUT2D eigenvalue weighted by atomic mass is 10.1. The van der Waals surface area contributed by atoms with Crippen molar-refractivity contribution >= 4 is 33.7 Å². The number of halogens is 1. The molecule has 1 aliphatic heterocycles. The maximum Gasteiger partial charge on any atom is 0.295 e. The van der Waals surface area contributed by atoms with Crippen LogP contribution in [-0.2, 0) is 16.1 Å². The predicted octanol–water partition coefficient (Wildman–Crippen LogP) is 3.44. The average Bonchev–Trinajstić information content (AvgIpc) is 2.79. The number of likely N-dealkylation sites (tertiary alicyclic amines) is 1. The lowest BCUT2D eigenvalue weighted by Gasteiger charge is -2.13. The molecule has 110 valence electrons. The van der Waals surface area contributed by atoms with Gasteiger partial charge < -0.3 is 4.90 Å². The van der Waals surface area contributed by atoms with Gasteiger partial charge in [-0.3, -0.25) is 9.59 Å². The van der Waals surface area contributed by atoms with E-state index in [9.17, 15) is 9.59 Å². The van der Waals surface area contributed by atoms with E-state index in [-0.39, 0.29) is 0 Å². The summed E-state index contributed by atoms with van der Waals surface area (Å²) in [5.74, 6) is -0.839. The van der Waals surface area contributed by atoms with E-state index in [1.54, 1.807) is 11.0 Å². The Bertz CT molecular complexity index is 753. The molecular formula is C18H14BrNO2. The zero-order valence-electron chi connectivity index (χ0n) is 11.8. The molecular weight excluding hydrogens is 342 g/mol. The van der Waals surface area contributed by atoms with Gasteiger partial charge in [-0.25, -0.2) is 0 Å². The third-order valence-electron chi connectivity index (χ3n) is 3.59. The van der Waals surface area contributed by atoms with E-state index in [4.69, 9.17) is 0 Å². The molecule has 4 heteroatoms. The molecule has 0 saturated carbocycles. The highest BCUT2D eigenvalue weighted by Gasteiger charge is 2.33. The Morgan fingerprint density at radius 3 is 2.41 bits per heavy atom.